The number of carbonyl (C=O) groups is 1. The predicted octanol–water partition coefficient (Wildman–Crippen LogP) is 4.25. The highest BCUT2D eigenvalue weighted by atomic mass is 35.5. The summed E-state index contributed by atoms with van der Waals surface area (Å²) in [6, 6.07) is 7.61. The van der Waals surface area contributed by atoms with Gasteiger partial charge in [-0.05, 0) is 24.3 Å². The van der Waals surface area contributed by atoms with Crippen LogP contribution in [-0.4, -0.2) is 15.9 Å². The van der Waals surface area contributed by atoms with Crippen molar-refractivity contribution in [1.29, 1.82) is 0 Å². The Morgan fingerprint density at radius 3 is 2.77 bits per heavy atom. The maximum absolute atomic E-state index is 14.2. The predicted molar refractivity (Wildman–Crippen MR) is 84.7 cm³/mol. The number of amides is 1. The highest BCUT2D eigenvalue weighted by Crippen LogP contribution is 2.27. The van der Waals surface area contributed by atoms with Crippen molar-refractivity contribution >= 4 is 34.0 Å². The number of nitrogens with zero attached hydrogens (tertiary/aromatic N) is 2. The lowest BCUT2D eigenvalue weighted by Crippen LogP contribution is -2.13. The van der Waals surface area contributed by atoms with Crippen molar-refractivity contribution in [2.45, 2.75) is 0 Å². The first-order chi connectivity index (χ1) is 10.6. The first-order valence-corrected chi connectivity index (χ1v) is 7.52. The van der Waals surface area contributed by atoms with E-state index in [1.165, 1.54) is 23.5 Å². The minimum atomic E-state index is -0.645. The highest BCUT2D eigenvalue weighted by molar-refractivity contribution is 7.13. The van der Waals surface area contributed by atoms with Crippen molar-refractivity contribution < 1.29 is 9.18 Å². The number of halogens is 2. The topological polar surface area (TPSA) is 54.9 Å². The Balaban J connectivity index is 1.89. The zero-order chi connectivity index (χ0) is 15.5. The summed E-state index contributed by atoms with van der Waals surface area (Å²) in [5, 5.41) is 5.09. The number of anilines is 1. The van der Waals surface area contributed by atoms with Crippen LogP contribution in [0.1, 0.15) is 10.4 Å². The number of hydrogen-bond acceptors (Lipinski definition) is 4. The second-order valence-electron chi connectivity index (χ2n) is 4.32. The third-order valence-corrected chi connectivity index (χ3v) is 3.89. The Bertz CT molecular complexity index is 823. The van der Waals surface area contributed by atoms with E-state index in [1.807, 2.05) is 0 Å². The molecule has 7 heteroatoms. The second kappa shape index (κ2) is 6.21. The van der Waals surface area contributed by atoms with Gasteiger partial charge in [0.25, 0.3) is 5.91 Å². The van der Waals surface area contributed by atoms with Gasteiger partial charge in [0.1, 0.15) is 5.82 Å². The van der Waals surface area contributed by atoms with Crippen molar-refractivity contribution in [3.63, 3.8) is 0 Å². The van der Waals surface area contributed by atoms with Gasteiger partial charge >= 0.3 is 0 Å². The van der Waals surface area contributed by atoms with Crippen LogP contribution in [-0.2, 0) is 0 Å². The Hall–Kier alpha value is -2.31. The molecule has 110 valence electrons. The fourth-order valence-corrected chi connectivity index (χ4v) is 2.65. The third-order valence-electron chi connectivity index (χ3n) is 2.90. The van der Waals surface area contributed by atoms with Gasteiger partial charge in [0.05, 0.1) is 16.3 Å². The van der Waals surface area contributed by atoms with Gasteiger partial charge in [-0.3, -0.25) is 15.1 Å². The van der Waals surface area contributed by atoms with Gasteiger partial charge in [-0.2, -0.15) is 0 Å². The molecule has 3 rings (SSSR count). The average molecular weight is 334 g/mol. The van der Waals surface area contributed by atoms with Crippen LogP contribution in [0, 0.1) is 5.82 Å². The monoisotopic (exact) mass is 333 g/mol. The van der Waals surface area contributed by atoms with Crippen LogP contribution in [0.2, 0.25) is 5.02 Å². The summed E-state index contributed by atoms with van der Waals surface area (Å²) in [6.07, 6.45) is 3.13. The van der Waals surface area contributed by atoms with Gasteiger partial charge < -0.3 is 0 Å². The second-order valence-corrected chi connectivity index (χ2v) is 5.62. The summed E-state index contributed by atoms with van der Waals surface area (Å²) in [4.78, 5) is 20.1. The molecule has 0 aliphatic heterocycles. The van der Waals surface area contributed by atoms with Crippen LogP contribution in [0.5, 0.6) is 0 Å². The first kappa shape index (κ1) is 14.6. The molecule has 1 amide bonds. The third kappa shape index (κ3) is 2.98. The van der Waals surface area contributed by atoms with E-state index in [2.05, 4.69) is 15.3 Å². The minimum Gasteiger partial charge on any atom is -0.298 e. The molecular formula is C15H9ClFN3OS. The van der Waals surface area contributed by atoms with E-state index >= 15 is 0 Å². The molecule has 0 atom stereocenters. The molecule has 22 heavy (non-hydrogen) atoms. The number of carbonyl (C=O) groups excluding carboxylic acids is 1. The molecule has 0 aliphatic carbocycles. The number of thiazole rings is 1. The quantitative estimate of drug-likeness (QED) is 0.779. The van der Waals surface area contributed by atoms with Crippen LogP contribution in [0.3, 0.4) is 0 Å². The SMILES string of the molecule is O=C(Nc1nccs1)c1ccc(-c2ncccc2Cl)cc1F. The molecule has 3 aromatic rings. The Labute approximate surface area is 134 Å². The Morgan fingerprint density at radius 2 is 2.09 bits per heavy atom. The average Bonchev–Trinajstić information content (AvgIpc) is 3.00. The molecule has 0 radical (unpaired) electrons. The van der Waals surface area contributed by atoms with Gasteiger partial charge in [0.15, 0.2) is 5.13 Å². The Morgan fingerprint density at radius 1 is 1.23 bits per heavy atom. The van der Waals surface area contributed by atoms with Crippen molar-refractivity contribution in [1.82, 2.24) is 9.97 Å². The number of nitrogens with one attached hydrogen (secondary N) is 1. The van der Waals surface area contributed by atoms with Gasteiger partial charge in [-0.25, -0.2) is 9.37 Å². The molecule has 1 N–H and O–H groups in total. The van der Waals surface area contributed by atoms with Crippen LogP contribution in [0.15, 0.2) is 48.1 Å². The number of benzene rings is 1. The van der Waals surface area contributed by atoms with Crippen LogP contribution in [0.4, 0.5) is 9.52 Å². The Kier molecular flexibility index (Phi) is 4.13. The number of hydrogen-bond donors (Lipinski definition) is 1. The van der Waals surface area contributed by atoms with Gasteiger partial charge in [0.2, 0.25) is 0 Å². The van der Waals surface area contributed by atoms with Crippen molar-refractivity contribution in [2.24, 2.45) is 0 Å². The van der Waals surface area contributed by atoms with Crippen molar-refractivity contribution in [3.8, 4) is 11.3 Å². The molecule has 2 heterocycles. The van der Waals surface area contributed by atoms with E-state index in [0.717, 1.165) is 0 Å². The first-order valence-electron chi connectivity index (χ1n) is 6.26. The van der Waals surface area contributed by atoms with E-state index in [9.17, 15) is 9.18 Å². The zero-order valence-corrected chi connectivity index (χ0v) is 12.7. The van der Waals surface area contributed by atoms with Gasteiger partial charge in [-0.1, -0.05) is 17.7 Å². The summed E-state index contributed by atoms with van der Waals surface area (Å²) >= 11 is 7.30. The van der Waals surface area contributed by atoms with E-state index in [0.29, 0.717) is 21.4 Å². The maximum Gasteiger partial charge on any atom is 0.260 e. The lowest BCUT2D eigenvalue weighted by molar-refractivity contribution is 0.102. The van der Waals surface area contributed by atoms with Crippen LogP contribution < -0.4 is 5.32 Å². The number of aromatic nitrogens is 2. The fourth-order valence-electron chi connectivity index (χ4n) is 1.89. The molecule has 0 bridgehead atoms. The van der Waals surface area contributed by atoms with Crippen LogP contribution >= 0.6 is 22.9 Å². The van der Waals surface area contributed by atoms with E-state index < -0.39 is 11.7 Å². The molecule has 1 aromatic carbocycles. The molecule has 0 unspecified atom stereocenters. The largest absolute Gasteiger partial charge is 0.298 e. The number of rotatable bonds is 3. The van der Waals surface area contributed by atoms with E-state index in [1.54, 1.807) is 36.0 Å². The van der Waals surface area contributed by atoms with Crippen LogP contribution in [0.25, 0.3) is 11.3 Å². The molecule has 4 nitrogen and oxygen atoms in total. The summed E-state index contributed by atoms with van der Waals surface area (Å²) in [6.45, 7) is 0. The van der Waals surface area contributed by atoms with E-state index in [-0.39, 0.29) is 5.56 Å². The molecule has 0 saturated heterocycles. The summed E-state index contributed by atoms with van der Waals surface area (Å²) < 4.78 is 14.2. The molecule has 0 aliphatic rings. The summed E-state index contributed by atoms with van der Waals surface area (Å²) in [5.74, 6) is -1.20. The summed E-state index contributed by atoms with van der Waals surface area (Å²) in [5.41, 5.74) is 0.912. The molecule has 2 aromatic heterocycles. The lowest BCUT2D eigenvalue weighted by Gasteiger charge is -2.07. The smallest absolute Gasteiger partial charge is 0.260 e. The molecular weight excluding hydrogens is 325 g/mol. The normalized spacial score (nSPS) is 10.5. The standard InChI is InChI=1S/C15H9ClFN3OS/c16-11-2-1-5-18-13(11)9-3-4-10(12(17)8-9)14(21)20-15-19-6-7-22-15/h1-8H,(H,19,20,21). The molecule has 0 fully saturated rings. The number of pyridine rings is 1. The van der Waals surface area contributed by atoms with Crippen molar-refractivity contribution in [3.05, 3.63) is 64.5 Å². The maximum atomic E-state index is 14.2. The molecule has 0 spiro atoms. The zero-order valence-electron chi connectivity index (χ0n) is 11.1. The minimum absolute atomic E-state index is 0.0639. The van der Waals surface area contributed by atoms with Gasteiger partial charge in [-0.15, -0.1) is 11.3 Å². The summed E-state index contributed by atoms with van der Waals surface area (Å²) in [7, 11) is 0. The lowest BCUT2D eigenvalue weighted by atomic mass is 10.1. The molecule has 0 saturated carbocycles. The fraction of sp³-hybridized carbons (Fsp3) is 0. The van der Waals surface area contributed by atoms with Crippen molar-refractivity contribution in [2.75, 3.05) is 5.32 Å². The van der Waals surface area contributed by atoms with E-state index in [4.69, 9.17) is 11.6 Å². The highest BCUT2D eigenvalue weighted by Gasteiger charge is 2.15. The van der Waals surface area contributed by atoms with Gasteiger partial charge in [0, 0.05) is 23.3 Å².